The number of fused-ring (bicyclic) bond motifs is 1. The average molecular weight is 282 g/mol. The summed E-state index contributed by atoms with van der Waals surface area (Å²) in [6, 6.07) is 13.5. The maximum absolute atomic E-state index is 12.3. The van der Waals surface area contributed by atoms with Gasteiger partial charge in [0.15, 0.2) is 0 Å². The fourth-order valence-corrected chi connectivity index (χ4v) is 2.71. The van der Waals surface area contributed by atoms with Gasteiger partial charge in [-0.15, -0.1) is 0 Å². The summed E-state index contributed by atoms with van der Waals surface area (Å²) in [7, 11) is 1.64. The fourth-order valence-electron chi connectivity index (χ4n) is 2.71. The molecule has 0 bridgehead atoms. The van der Waals surface area contributed by atoms with E-state index in [1.165, 1.54) is 0 Å². The van der Waals surface area contributed by atoms with Crippen molar-refractivity contribution in [1.29, 1.82) is 0 Å². The topological polar surface area (TPSA) is 55.6 Å². The van der Waals surface area contributed by atoms with Crippen molar-refractivity contribution in [3.8, 4) is 5.75 Å². The van der Waals surface area contributed by atoms with E-state index in [4.69, 9.17) is 10.5 Å². The van der Waals surface area contributed by atoms with Crippen molar-refractivity contribution in [2.75, 3.05) is 17.7 Å². The smallest absolute Gasteiger partial charge is 0.227 e. The zero-order valence-electron chi connectivity index (χ0n) is 12.0. The highest BCUT2D eigenvalue weighted by molar-refractivity contribution is 5.96. The third-order valence-corrected chi connectivity index (χ3v) is 3.78. The van der Waals surface area contributed by atoms with Crippen LogP contribution in [0, 0.1) is 0 Å². The average Bonchev–Trinajstić information content (AvgIpc) is 2.50. The molecule has 0 aliphatic carbocycles. The maximum Gasteiger partial charge on any atom is 0.227 e. The van der Waals surface area contributed by atoms with Crippen molar-refractivity contribution in [3.05, 3.63) is 53.6 Å². The molecular formula is C17H18N2O2. The first-order valence-electron chi connectivity index (χ1n) is 6.99. The van der Waals surface area contributed by atoms with Gasteiger partial charge < -0.3 is 15.4 Å². The lowest BCUT2D eigenvalue weighted by molar-refractivity contribution is -0.119. The van der Waals surface area contributed by atoms with Crippen LogP contribution >= 0.6 is 0 Å². The molecule has 0 fully saturated rings. The Morgan fingerprint density at radius 1 is 1.19 bits per heavy atom. The van der Waals surface area contributed by atoms with Crippen LogP contribution in [-0.2, 0) is 17.8 Å². The van der Waals surface area contributed by atoms with Gasteiger partial charge in [-0.3, -0.25) is 4.79 Å². The number of carbonyl (C=O) groups excluding carboxylic acids is 1. The summed E-state index contributed by atoms with van der Waals surface area (Å²) in [5.74, 6) is 0.949. The molecule has 0 saturated heterocycles. The van der Waals surface area contributed by atoms with E-state index in [2.05, 4.69) is 0 Å². The summed E-state index contributed by atoms with van der Waals surface area (Å²) in [6.45, 7) is 0.549. The lowest BCUT2D eigenvalue weighted by atomic mass is 10.00. The van der Waals surface area contributed by atoms with Gasteiger partial charge >= 0.3 is 0 Å². The highest BCUT2D eigenvalue weighted by atomic mass is 16.5. The quantitative estimate of drug-likeness (QED) is 0.881. The number of ether oxygens (including phenoxy) is 1. The normalized spacial score (nSPS) is 14.0. The van der Waals surface area contributed by atoms with Crippen LogP contribution in [0.5, 0.6) is 5.75 Å². The van der Waals surface area contributed by atoms with E-state index in [9.17, 15) is 4.79 Å². The monoisotopic (exact) mass is 282 g/mol. The Labute approximate surface area is 124 Å². The summed E-state index contributed by atoms with van der Waals surface area (Å²) in [6.07, 6.45) is 1.29. The molecule has 1 amide bonds. The van der Waals surface area contributed by atoms with Crippen LogP contribution in [0.2, 0.25) is 0 Å². The van der Waals surface area contributed by atoms with Gasteiger partial charge in [0.25, 0.3) is 0 Å². The number of nitrogen functional groups attached to an aromatic ring is 1. The van der Waals surface area contributed by atoms with Crippen LogP contribution in [0.3, 0.4) is 0 Å². The maximum atomic E-state index is 12.3. The summed E-state index contributed by atoms with van der Waals surface area (Å²) >= 11 is 0. The Morgan fingerprint density at radius 3 is 2.86 bits per heavy atom. The molecule has 0 radical (unpaired) electrons. The highest BCUT2D eigenvalue weighted by Gasteiger charge is 2.24. The van der Waals surface area contributed by atoms with Gasteiger partial charge in [-0.05, 0) is 47.9 Å². The molecular weight excluding hydrogens is 264 g/mol. The Kier molecular flexibility index (Phi) is 3.52. The van der Waals surface area contributed by atoms with Gasteiger partial charge in [-0.1, -0.05) is 12.1 Å². The number of anilines is 2. The predicted octanol–water partition coefficient (Wildman–Crippen LogP) is 2.76. The molecule has 0 saturated carbocycles. The van der Waals surface area contributed by atoms with Gasteiger partial charge in [0.2, 0.25) is 5.91 Å². The lowest BCUT2D eigenvalue weighted by Crippen LogP contribution is -2.34. The summed E-state index contributed by atoms with van der Waals surface area (Å²) in [5.41, 5.74) is 9.72. The van der Waals surface area contributed by atoms with Gasteiger partial charge in [0.05, 0.1) is 13.7 Å². The van der Waals surface area contributed by atoms with E-state index >= 15 is 0 Å². The summed E-state index contributed by atoms with van der Waals surface area (Å²) in [4.78, 5) is 14.1. The number of nitrogens with zero attached hydrogens (tertiary/aromatic N) is 1. The second kappa shape index (κ2) is 5.48. The number of aryl methyl sites for hydroxylation is 1. The number of rotatable bonds is 3. The number of carbonyl (C=O) groups is 1. The molecule has 0 aromatic heterocycles. The minimum Gasteiger partial charge on any atom is -0.497 e. The molecule has 0 spiro atoms. The Hall–Kier alpha value is -2.49. The second-order valence-corrected chi connectivity index (χ2v) is 5.22. The number of benzene rings is 2. The Morgan fingerprint density at radius 2 is 2.05 bits per heavy atom. The first-order chi connectivity index (χ1) is 10.2. The van der Waals surface area contributed by atoms with Gasteiger partial charge in [0.1, 0.15) is 5.75 Å². The molecule has 108 valence electrons. The van der Waals surface area contributed by atoms with Crippen LogP contribution in [0.1, 0.15) is 17.5 Å². The Bertz CT molecular complexity index is 682. The number of amides is 1. The van der Waals surface area contributed by atoms with Crippen LogP contribution in [0.25, 0.3) is 0 Å². The van der Waals surface area contributed by atoms with E-state index in [0.29, 0.717) is 13.0 Å². The predicted molar refractivity (Wildman–Crippen MR) is 83.4 cm³/mol. The molecule has 1 aliphatic heterocycles. The SMILES string of the molecule is COc1cccc(CN2C(=O)CCc3cc(N)ccc32)c1. The molecule has 1 heterocycles. The molecule has 2 aromatic rings. The molecule has 0 unspecified atom stereocenters. The van der Waals surface area contributed by atoms with Crippen LogP contribution < -0.4 is 15.4 Å². The molecule has 4 nitrogen and oxygen atoms in total. The van der Waals surface area contributed by atoms with Crippen molar-refractivity contribution < 1.29 is 9.53 Å². The number of methoxy groups -OCH3 is 1. The van der Waals surface area contributed by atoms with Crippen molar-refractivity contribution >= 4 is 17.3 Å². The van der Waals surface area contributed by atoms with Crippen molar-refractivity contribution in [2.45, 2.75) is 19.4 Å². The molecule has 21 heavy (non-hydrogen) atoms. The van der Waals surface area contributed by atoms with E-state index < -0.39 is 0 Å². The molecule has 4 heteroatoms. The zero-order valence-corrected chi connectivity index (χ0v) is 12.0. The number of nitrogens with two attached hydrogens (primary N) is 1. The third kappa shape index (κ3) is 2.70. The fraction of sp³-hybridized carbons (Fsp3) is 0.235. The van der Waals surface area contributed by atoms with Crippen LogP contribution in [-0.4, -0.2) is 13.0 Å². The second-order valence-electron chi connectivity index (χ2n) is 5.22. The number of hydrogen-bond acceptors (Lipinski definition) is 3. The molecule has 0 atom stereocenters. The Balaban J connectivity index is 1.92. The van der Waals surface area contributed by atoms with E-state index in [0.717, 1.165) is 34.7 Å². The van der Waals surface area contributed by atoms with E-state index in [1.54, 1.807) is 7.11 Å². The highest BCUT2D eigenvalue weighted by Crippen LogP contribution is 2.31. The molecule has 1 aliphatic rings. The van der Waals surface area contributed by atoms with E-state index in [1.807, 2.05) is 47.4 Å². The van der Waals surface area contributed by atoms with Crippen molar-refractivity contribution in [2.24, 2.45) is 0 Å². The van der Waals surface area contributed by atoms with E-state index in [-0.39, 0.29) is 5.91 Å². The molecule has 3 rings (SSSR count). The van der Waals surface area contributed by atoms with Gasteiger partial charge in [-0.2, -0.15) is 0 Å². The minimum absolute atomic E-state index is 0.148. The zero-order chi connectivity index (χ0) is 14.8. The van der Waals surface area contributed by atoms with Gasteiger partial charge in [0, 0.05) is 17.8 Å². The van der Waals surface area contributed by atoms with Crippen molar-refractivity contribution in [1.82, 2.24) is 0 Å². The largest absolute Gasteiger partial charge is 0.497 e. The third-order valence-electron chi connectivity index (χ3n) is 3.78. The van der Waals surface area contributed by atoms with Gasteiger partial charge in [-0.25, -0.2) is 0 Å². The lowest BCUT2D eigenvalue weighted by Gasteiger charge is -2.29. The molecule has 2 aromatic carbocycles. The first kappa shape index (κ1) is 13.5. The van der Waals surface area contributed by atoms with Crippen molar-refractivity contribution in [3.63, 3.8) is 0 Å². The minimum atomic E-state index is 0.148. The summed E-state index contributed by atoms with van der Waals surface area (Å²) < 4.78 is 5.24. The standard InChI is InChI=1S/C17H18N2O2/c1-21-15-4-2-3-12(9-15)11-19-16-7-6-14(18)10-13(16)5-8-17(19)20/h2-4,6-7,9-10H,5,8,11,18H2,1H3. The van der Waals surface area contributed by atoms with Crippen LogP contribution in [0.15, 0.2) is 42.5 Å². The summed E-state index contributed by atoms with van der Waals surface area (Å²) in [5, 5.41) is 0. The first-order valence-corrected chi connectivity index (χ1v) is 6.99. The van der Waals surface area contributed by atoms with Crippen LogP contribution in [0.4, 0.5) is 11.4 Å². The molecule has 2 N–H and O–H groups in total. The number of hydrogen-bond donors (Lipinski definition) is 1.